The third kappa shape index (κ3) is 4.41. The van der Waals surface area contributed by atoms with E-state index in [9.17, 15) is 18.3 Å². The molecule has 1 saturated carbocycles. The van der Waals surface area contributed by atoms with Crippen molar-refractivity contribution in [2.45, 2.75) is 31.3 Å². The summed E-state index contributed by atoms with van der Waals surface area (Å²) in [5.74, 6) is -0.314. The van der Waals surface area contributed by atoms with Gasteiger partial charge >= 0.3 is 6.36 Å². The molecule has 0 unspecified atom stereocenters. The Bertz CT molecular complexity index is 467. The molecule has 1 aliphatic rings. The van der Waals surface area contributed by atoms with E-state index < -0.39 is 24.3 Å². The molecule has 1 aliphatic carbocycles. The molecular formula is C12H14Cl2F3NO2. The summed E-state index contributed by atoms with van der Waals surface area (Å²) < 4.78 is 40.0. The highest BCUT2D eigenvalue weighted by atomic mass is 35.5. The van der Waals surface area contributed by atoms with Crippen molar-refractivity contribution in [1.82, 2.24) is 0 Å². The molecule has 1 fully saturated rings. The standard InChI is InChI=1S/C12H13ClF3NO2.ClH/c13-8-5-7(10(17)11(18)6-1-2-6)3-4-9(8)19-12(14,15)16;/h3-6,10-11,18H,1-2,17H2;1H/t10-,11+;/m1./s1. The van der Waals surface area contributed by atoms with E-state index in [2.05, 4.69) is 4.74 Å². The van der Waals surface area contributed by atoms with Gasteiger partial charge in [-0.3, -0.25) is 0 Å². The van der Waals surface area contributed by atoms with E-state index in [1.807, 2.05) is 0 Å². The first-order valence-corrected chi connectivity index (χ1v) is 6.14. The summed E-state index contributed by atoms with van der Waals surface area (Å²) in [6.45, 7) is 0. The number of aliphatic hydroxyl groups excluding tert-OH is 1. The molecule has 0 heterocycles. The summed E-state index contributed by atoms with van der Waals surface area (Å²) in [6.07, 6.45) is -3.67. The molecule has 3 N–H and O–H groups in total. The molecule has 0 aliphatic heterocycles. The molecule has 1 aromatic carbocycles. The lowest BCUT2D eigenvalue weighted by Crippen LogP contribution is -2.27. The highest BCUT2D eigenvalue weighted by molar-refractivity contribution is 6.32. The molecule has 20 heavy (non-hydrogen) atoms. The number of benzene rings is 1. The molecule has 3 nitrogen and oxygen atoms in total. The van der Waals surface area contributed by atoms with Crippen molar-refractivity contribution in [2.75, 3.05) is 0 Å². The fraction of sp³-hybridized carbons (Fsp3) is 0.500. The number of hydrogen-bond donors (Lipinski definition) is 2. The minimum atomic E-state index is -4.79. The van der Waals surface area contributed by atoms with Gasteiger partial charge in [-0.2, -0.15) is 0 Å². The van der Waals surface area contributed by atoms with Crippen molar-refractivity contribution in [3.8, 4) is 5.75 Å². The number of alkyl halides is 3. The highest BCUT2D eigenvalue weighted by Crippen LogP contribution is 2.38. The molecule has 0 spiro atoms. The number of rotatable bonds is 4. The molecule has 2 atom stereocenters. The molecule has 0 amide bonds. The van der Waals surface area contributed by atoms with Crippen molar-refractivity contribution in [2.24, 2.45) is 11.7 Å². The van der Waals surface area contributed by atoms with Gasteiger partial charge in [0.15, 0.2) is 0 Å². The largest absolute Gasteiger partial charge is 0.573 e. The van der Waals surface area contributed by atoms with E-state index in [0.29, 0.717) is 5.56 Å². The number of halogens is 5. The van der Waals surface area contributed by atoms with Gasteiger partial charge in [-0.05, 0) is 36.5 Å². The average Bonchev–Trinajstić information content (AvgIpc) is 3.12. The molecule has 114 valence electrons. The summed E-state index contributed by atoms with van der Waals surface area (Å²) >= 11 is 5.72. The maximum atomic E-state index is 12.1. The third-order valence-corrected chi connectivity index (χ3v) is 3.33. The first kappa shape index (κ1) is 17.4. The fourth-order valence-corrected chi connectivity index (χ4v) is 2.09. The Labute approximate surface area is 125 Å². The van der Waals surface area contributed by atoms with Crippen LogP contribution >= 0.6 is 24.0 Å². The number of hydrogen-bond acceptors (Lipinski definition) is 3. The van der Waals surface area contributed by atoms with Crippen molar-refractivity contribution >= 4 is 24.0 Å². The molecule has 0 radical (unpaired) electrons. The minimum Gasteiger partial charge on any atom is -0.404 e. The maximum absolute atomic E-state index is 12.1. The Morgan fingerprint density at radius 3 is 2.40 bits per heavy atom. The van der Waals surface area contributed by atoms with Gasteiger partial charge in [0.1, 0.15) is 5.75 Å². The van der Waals surface area contributed by atoms with Crippen LogP contribution in [0.3, 0.4) is 0 Å². The summed E-state index contributed by atoms with van der Waals surface area (Å²) in [7, 11) is 0. The van der Waals surface area contributed by atoms with Gasteiger partial charge in [0.05, 0.1) is 17.2 Å². The van der Waals surface area contributed by atoms with Crippen molar-refractivity contribution in [3.63, 3.8) is 0 Å². The fourth-order valence-electron chi connectivity index (χ4n) is 1.86. The van der Waals surface area contributed by atoms with Crippen LogP contribution < -0.4 is 10.5 Å². The van der Waals surface area contributed by atoms with E-state index in [4.69, 9.17) is 17.3 Å². The van der Waals surface area contributed by atoms with Gasteiger partial charge in [0, 0.05) is 0 Å². The van der Waals surface area contributed by atoms with Gasteiger partial charge < -0.3 is 15.6 Å². The van der Waals surface area contributed by atoms with Crippen LogP contribution in [0.1, 0.15) is 24.4 Å². The SMILES string of the molecule is Cl.N[C@H](c1ccc(OC(F)(F)F)c(Cl)c1)[C@@H](O)C1CC1. The molecule has 8 heteroatoms. The Kier molecular flexibility index (Phi) is 5.54. The van der Waals surface area contributed by atoms with Crippen molar-refractivity contribution < 1.29 is 23.0 Å². The number of nitrogens with two attached hydrogens (primary N) is 1. The van der Waals surface area contributed by atoms with Gasteiger partial charge in [0.2, 0.25) is 0 Å². The van der Waals surface area contributed by atoms with E-state index >= 15 is 0 Å². The van der Waals surface area contributed by atoms with E-state index in [-0.39, 0.29) is 23.3 Å². The normalized spacial score (nSPS) is 18.1. The summed E-state index contributed by atoms with van der Waals surface area (Å²) in [4.78, 5) is 0. The van der Waals surface area contributed by atoms with Crippen LogP contribution in [-0.2, 0) is 0 Å². The molecule has 1 aromatic rings. The second-order valence-corrected chi connectivity index (χ2v) is 5.00. The van der Waals surface area contributed by atoms with Crippen molar-refractivity contribution in [1.29, 1.82) is 0 Å². The van der Waals surface area contributed by atoms with Crippen LogP contribution in [0.2, 0.25) is 5.02 Å². The average molecular weight is 332 g/mol. The second-order valence-electron chi connectivity index (χ2n) is 4.59. The van der Waals surface area contributed by atoms with E-state index in [1.54, 1.807) is 0 Å². The van der Waals surface area contributed by atoms with Gasteiger partial charge in [0.25, 0.3) is 0 Å². The van der Waals surface area contributed by atoms with Crippen LogP contribution in [0.5, 0.6) is 5.75 Å². The Morgan fingerprint density at radius 2 is 1.95 bits per heavy atom. The van der Waals surface area contributed by atoms with Crippen LogP contribution in [0.4, 0.5) is 13.2 Å². The Balaban J connectivity index is 0.00000200. The Morgan fingerprint density at radius 1 is 1.35 bits per heavy atom. The van der Waals surface area contributed by atoms with Crippen LogP contribution in [0.15, 0.2) is 18.2 Å². The molecule has 0 saturated heterocycles. The lowest BCUT2D eigenvalue weighted by atomic mass is 9.99. The smallest absolute Gasteiger partial charge is 0.404 e. The topological polar surface area (TPSA) is 55.5 Å². The van der Waals surface area contributed by atoms with Gasteiger partial charge in [-0.1, -0.05) is 17.7 Å². The van der Waals surface area contributed by atoms with Crippen molar-refractivity contribution in [3.05, 3.63) is 28.8 Å². The monoisotopic (exact) mass is 331 g/mol. The second kappa shape index (κ2) is 6.39. The predicted molar refractivity (Wildman–Crippen MR) is 71.0 cm³/mol. The van der Waals surface area contributed by atoms with E-state index in [1.165, 1.54) is 12.1 Å². The minimum absolute atomic E-state index is 0. The van der Waals surface area contributed by atoms with E-state index in [0.717, 1.165) is 18.9 Å². The highest BCUT2D eigenvalue weighted by Gasteiger charge is 2.35. The first-order chi connectivity index (χ1) is 8.78. The van der Waals surface area contributed by atoms with Gasteiger partial charge in [-0.15, -0.1) is 25.6 Å². The predicted octanol–water partition coefficient (Wildman–Crippen LogP) is 3.43. The quantitative estimate of drug-likeness (QED) is 0.888. The Hall–Kier alpha value is -0.690. The van der Waals surface area contributed by atoms with Gasteiger partial charge in [-0.25, -0.2) is 0 Å². The molecule has 0 aromatic heterocycles. The lowest BCUT2D eigenvalue weighted by Gasteiger charge is -2.19. The number of aliphatic hydroxyl groups is 1. The lowest BCUT2D eigenvalue weighted by molar-refractivity contribution is -0.274. The zero-order valence-electron chi connectivity index (χ0n) is 10.2. The molecule has 2 rings (SSSR count). The zero-order valence-corrected chi connectivity index (χ0v) is 11.8. The van der Waals surface area contributed by atoms with Crippen LogP contribution in [0.25, 0.3) is 0 Å². The van der Waals surface area contributed by atoms with Crippen LogP contribution in [-0.4, -0.2) is 17.6 Å². The molecular weight excluding hydrogens is 318 g/mol. The summed E-state index contributed by atoms with van der Waals surface area (Å²) in [5, 5.41) is 9.69. The summed E-state index contributed by atoms with van der Waals surface area (Å²) in [5.41, 5.74) is 6.34. The first-order valence-electron chi connectivity index (χ1n) is 5.77. The maximum Gasteiger partial charge on any atom is 0.573 e. The summed E-state index contributed by atoms with van der Waals surface area (Å²) in [6, 6.07) is 3.11. The molecule has 0 bridgehead atoms. The third-order valence-electron chi connectivity index (χ3n) is 3.04. The number of ether oxygens (including phenoxy) is 1. The zero-order chi connectivity index (χ0) is 14.2. The van der Waals surface area contributed by atoms with Crippen LogP contribution in [0, 0.1) is 5.92 Å².